The van der Waals surface area contributed by atoms with E-state index in [2.05, 4.69) is 13.8 Å². The molecular weight excluding hydrogens is 405 g/mol. The molecule has 0 amide bonds. The lowest BCUT2D eigenvalue weighted by molar-refractivity contribution is -0.137. The molecule has 1 aromatic carbocycles. The van der Waals surface area contributed by atoms with Crippen LogP contribution in [-0.2, 0) is 16.0 Å². The van der Waals surface area contributed by atoms with Crippen LogP contribution in [0.1, 0.15) is 52.5 Å². The third kappa shape index (κ3) is 4.33. The highest BCUT2D eigenvalue weighted by molar-refractivity contribution is 7.92. The molecule has 0 aromatic heterocycles. The molecule has 3 nitrogen and oxygen atoms in total. The molecule has 0 bridgehead atoms. The number of alkyl halides is 3. The van der Waals surface area contributed by atoms with E-state index in [1.807, 2.05) is 13.1 Å². The Labute approximate surface area is 167 Å². The van der Waals surface area contributed by atoms with Gasteiger partial charge in [-0.1, -0.05) is 19.9 Å². The summed E-state index contributed by atoms with van der Waals surface area (Å²) < 4.78 is 64.0. The minimum atomic E-state index is -4.58. The molecule has 0 spiro atoms. The van der Waals surface area contributed by atoms with Gasteiger partial charge in [0.1, 0.15) is 0 Å². The first-order chi connectivity index (χ1) is 12.4. The topological polar surface area (TPSA) is 54.4 Å². The monoisotopic (exact) mass is 436 g/mol. The van der Waals surface area contributed by atoms with Gasteiger partial charge in [-0.2, -0.15) is 13.2 Å². The van der Waals surface area contributed by atoms with Crippen LogP contribution in [0.15, 0.2) is 29.2 Å². The fourth-order valence-corrected chi connectivity index (χ4v) is 6.37. The molecule has 1 N–H and O–H groups in total. The molecule has 0 saturated heterocycles. The third-order valence-corrected chi connectivity index (χ3v) is 12.9. The van der Waals surface area contributed by atoms with Gasteiger partial charge in [0.05, 0.1) is 15.2 Å². The van der Waals surface area contributed by atoms with Gasteiger partial charge in [-0.25, -0.2) is 8.42 Å². The first-order valence-corrected chi connectivity index (χ1v) is 14.0. The lowest BCUT2D eigenvalue weighted by Gasteiger charge is -2.48. The van der Waals surface area contributed by atoms with Crippen molar-refractivity contribution in [3.63, 3.8) is 0 Å². The number of sulfone groups is 1. The second kappa shape index (κ2) is 7.13. The van der Waals surface area contributed by atoms with Crippen LogP contribution in [0.5, 0.6) is 0 Å². The molecule has 0 aliphatic heterocycles. The number of hydrogen-bond donors (Lipinski definition) is 1. The molecule has 8 heteroatoms. The molecule has 0 unspecified atom stereocenters. The van der Waals surface area contributed by atoms with E-state index in [4.69, 9.17) is 0 Å². The maximum absolute atomic E-state index is 13.1. The zero-order valence-electron chi connectivity index (χ0n) is 17.4. The fraction of sp³-hybridized carbons (Fsp3) is 0.700. The molecule has 1 fully saturated rings. The maximum Gasteiger partial charge on any atom is 0.416 e. The Morgan fingerprint density at radius 2 is 1.64 bits per heavy atom. The highest BCUT2D eigenvalue weighted by Crippen LogP contribution is 2.53. The van der Waals surface area contributed by atoms with Crippen molar-refractivity contribution < 1.29 is 26.4 Å². The van der Waals surface area contributed by atoms with Crippen LogP contribution in [0.25, 0.3) is 0 Å². The predicted octanol–water partition coefficient (Wildman–Crippen LogP) is 5.65. The van der Waals surface area contributed by atoms with Gasteiger partial charge in [-0.05, 0) is 81.3 Å². The van der Waals surface area contributed by atoms with Gasteiger partial charge in [0.15, 0.2) is 18.2 Å². The van der Waals surface area contributed by atoms with Crippen LogP contribution < -0.4 is 0 Å². The second-order valence-electron chi connectivity index (χ2n) is 9.81. The summed E-state index contributed by atoms with van der Waals surface area (Å²) in [5, 5.41) is -0.174. The number of halogens is 3. The molecule has 1 aliphatic carbocycles. The summed E-state index contributed by atoms with van der Waals surface area (Å²) in [4.78, 5) is 10.2. The Bertz CT molecular complexity index is 818. The van der Waals surface area contributed by atoms with Crippen molar-refractivity contribution in [2.24, 2.45) is 11.8 Å². The summed E-state index contributed by atoms with van der Waals surface area (Å²) in [6.07, 6.45) is -2.33. The van der Waals surface area contributed by atoms with Crippen LogP contribution in [0.4, 0.5) is 13.2 Å². The predicted molar refractivity (Wildman–Crippen MR) is 107 cm³/mol. The Hall–Kier alpha value is -0.863. The molecule has 28 heavy (non-hydrogen) atoms. The smallest absolute Gasteiger partial charge is 0.416 e. The summed E-state index contributed by atoms with van der Waals surface area (Å²) in [6.45, 7) is 11.1. The van der Waals surface area contributed by atoms with Gasteiger partial charge in [0.25, 0.3) is 0 Å². The first kappa shape index (κ1) is 23.4. The zero-order chi connectivity index (χ0) is 21.8. The Kier molecular flexibility index (Phi) is 5.96. The number of benzene rings is 1. The average molecular weight is 437 g/mol. The van der Waals surface area contributed by atoms with Gasteiger partial charge in [0.2, 0.25) is 0 Å². The normalized spacial score (nSPS) is 22.1. The van der Waals surface area contributed by atoms with E-state index in [1.165, 1.54) is 6.07 Å². The molecular formula is C20H31F3O3SSi. The standard InChI is InChI=1S/C20H31F3O3SSi/c1-18(2,28(5,6)26)13-14-10-16(11-14)19(3,4)27(24,25)17-9-7-8-15(12-17)20(21,22)23/h7-9,12,14,16,26H,10-11,13H2,1-6H3/t14-,16+. The van der Waals surface area contributed by atoms with Crippen LogP contribution >= 0.6 is 0 Å². The summed E-state index contributed by atoms with van der Waals surface area (Å²) in [5.74, 6) is 0.214. The molecule has 160 valence electrons. The van der Waals surface area contributed by atoms with Crippen molar-refractivity contribution in [1.29, 1.82) is 0 Å². The van der Waals surface area contributed by atoms with Crippen LogP contribution in [0.2, 0.25) is 18.1 Å². The molecule has 0 heterocycles. The number of rotatable bonds is 6. The van der Waals surface area contributed by atoms with Crippen molar-refractivity contribution in [2.75, 3.05) is 0 Å². The lowest BCUT2D eigenvalue weighted by atomic mass is 9.66. The van der Waals surface area contributed by atoms with Crippen LogP contribution in [0.3, 0.4) is 0 Å². The number of hydrogen-bond acceptors (Lipinski definition) is 3. The fourth-order valence-electron chi connectivity index (χ4n) is 3.80. The van der Waals surface area contributed by atoms with E-state index >= 15 is 0 Å². The SMILES string of the molecule is CC(C)(C[C@H]1C[C@@H](C(C)(C)S(=O)(=O)c2cccc(C(F)(F)F)c2)C1)[Si](C)(C)O. The van der Waals surface area contributed by atoms with Crippen molar-refractivity contribution in [3.8, 4) is 0 Å². The quantitative estimate of drug-likeness (QED) is 0.586. The molecule has 1 saturated carbocycles. The summed E-state index contributed by atoms with van der Waals surface area (Å²) >= 11 is 0. The third-order valence-electron chi connectivity index (χ3n) is 6.84. The van der Waals surface area contributed by atoms with E-state index in [9.17, 15) is 26.4 Å². The Balaban J connectivity index is 2.18. The lowest BCUT2D eigenvalue weighted by Crippen LogP contribution is -2.48. The average Bonchev–Trinajstić information content (AvgIpc) is 2.48. The highest BCUT2D eigenvalue weighted by atomic mass is 32.2. The first-order valence-electron chi connectivity index (χ1n) is 9.54. The van der Waals surface area contributed by atoms with E-state index in [0.717, 1.165) is 24.6 Å². The second-order valence-corrected chi connectivity index (χ2v) is 16.8. The largest absolute Gasteiger partial charge is 0.432 e. The summed E-state index contributed by atoms with van der Waals surface area (Å²) in [6, 6.07) is 4.00. The molecule has 1 aromatic rings. The van der Waals surface area contributed by atoms with Gasteiger partial charge in [-0.15, -0.1) is 0 Å². The van der Waals surface area contributed by atoms with Gasteiger partial charge >= 0.3 is 6.18 Å². The van der Waals surface area contributed by atoms with Crippen molar-refractivity contribution >= 4 is 18.2 Å². The van der Waals surface area contributed by atoms with Gasteiger partial charge in [-0.3, -0.25) is 0 Å². The van der Waals surface area contributed by atoms with Crippen molar-refractivity contribution in [2.45, 2.75) is 80.9 Å². The molecule has 1 aliphatic rings. The van der Waals surface area contributed by atoms with E-state index in [0.29, 0.717) is 18.8 Å². The Morgan fingerprint density at radius 1 is 1.11 bits per heavy atom. The van der Waals surface area contributed by atoms with E-state index < -0.39 is 34.6 Å². The van der Waals surface area contributed by atoms with Gasteiger partial charge < -0.3 is 4.80 Å². The minimum Gasteiger partial charge on any atom is -0.432 e. The van der Waals surface area contributed by atoms with Crippen LogP contribution in [-0.4, -0.2) is 26.3 Å². The van der Waals surface area contributed by atoms with E-state index in [1.54, 1.807) is 13.8 Å². The summed E-state index contributed by atoms with van der Waals surface area (Å²) in [7, 11) is -6.25. The summed E-state index contributed by atoms with van der Waals surface area (Å²) in [5.41, 5.74) is -0.951. The highest BCUT2D eigenvalue weighted by Gasteiger charge is 2.51. The molecule has 2 rings (SSSR count). The Morgan fingerprint density at radius 3 is 2.11 bits per heavy atom. The molecule has 0 atom stereocenters. The zero-order valence-corrected chi connectivity index (χ0v) is 19.2. The maximum atomic E-state index is 13.1. The van der Waals surface area contributed by atoms with E-state index in [-0.39, 0.29) is 15.9 Å². The minimum absolute atomic E-state index is 0.115. The molecule has 0 radical (unpaired) electrons. The van der Waals surface area contributed by atoms with Gasteiger partial charge in [0, 0.05) is 0 Å². The van der Waals surface area contributed by atoms with Crippen molar-refractivity contribution in [3.05, 3.63) is 29.8 Å². The van der Waals surface area contributed by atoms with Crippen molar-refractivity contribution in [1.82, 2.24) is 0 Å². The van der Waals surface area contributed by atoms with Crippen LogP contribution in [0, 0.1) is 11.8 Å².